The molecule has 0 aromatic heterocycles. The van der Waals surface area contributed by atoms with Gasteiger partial charge in [-0.2, -0.15) is 0 Å². The molecule has 2 rings (SSSR count). The zero-order valence-electron chi connectivity index (χ0n) is 6.60. The Balaban J connectivity index is 2.25. The molecular formula is C9H9N2O. The fourth-order valence-corrected chi connectivity index (χ4v) is 1.27. The topological polar surface area (TPSA) is 34.4 Å². The summed E-state index contributed by atoms with van der Waals surface area (Å²) in [6.45, 7) is 1.33. The highest BCUT2D eigenvalue weighted by atomic mass is 16.2. The van der Waals surface area contributed by atoms with E-state index in [1.165, 1.54) is 0 Å². The van der Waals surface area contributed by atoms with Crippen molar-refractivity contribution in [3.8, 4) is 0 Å². The number of rotatable bonds is 1. The maximum Gasteiger partial charge on any atom is 0.343 e. The molecule has 12 heavy (non-hydrogen) atoms. The summed E-state index contributed by atoms with van der Waals surface area (Å²) in [7, 11) is 0. The standard InChI is InChI=1S/C9H9N2O/c12-9-10-6-7-11(9)8-4-2-1-3-5-8/h1-5H,6-7H2. The lowest BCUT2D eigenvalue weighted by Gasteiger charge is -2.12. The lowest BCUT2D eigenvalue weighted by atomic mass is 10.3. The number of carbonyl (C=O) groups is 1. The van der Waals surface area contributed by atoms with Crippen LogP contribution < -0.4 is 10.2 Å². The molecule has 0 spiro atoms. The van der Waals surface area contributed by atoms with Crippen molar-refractivity contribution in [3.05, 3.63) is 30.3 Å². The Labute approximate surface area is 71.0 Å². The van der Waals surface area contributed by atoms with Gasteiger partial charge in [0.05, 0.1) is 6.54 Å². The lowest BCUT2D eigenvalue weighted by Crippen LogP contribution is -2.24. The summed E-state index contributed by atoms with van der Waals surface area (Å²) < 4.78 is 0. The molecule has 0 N–H and O–H groups in total. The molecular weight excluding hydrogens is 152 g/mol. The van der Waals surface area contributed by atoms with Gasteiger partial charge in [0, 0.05) is 12.2 Å². The molecule has 1 aliphatic heterocycles. The third-order valence-corrected chi connectivity index (χ3v) is 1.87. The molecule has 0 saturated carbocycles. The van der Waals surface area contributed by atoms with Gasteiger partial charge in [-0.25, -0.2) is 10.1 Å². The molecule has 0 atom stereocenters. The van der Waals surface area contributed by atoms with Gasteiger partial charge in [0.25, 0.3) is 0 Å². The Bertz CT molecular complexity index is 284. The van der Waals surface area contributed by atoms with E-state index < -0.39 is 0 Å². The van der Waals surface area contributed by atoms with Crippen LogP contribution in [-0.2, 0) is 0 Å². The van der Waals surface area contributed by atoms with Gasteiger partial charge in [-0.15, -0.1) is 0 Å². The average Bonchev–Trinajstić information content (AvgIpc) is 2.53. The van der Waals surface area contributed by atoms with Crippen LogP contribution in [0.1, 0.15) is 0 Å². The van der Waals surface area contributed by atoms with E-state index in [1.807, 2.05) is 30.3 Å². The van der Waals surface area contributed by atoms with Crippen LogP contribution in [0.5, 0.6) is 0 Å². The van der Waals surface area contributed by atoms with E-state index in [1.54, 1.807) is 4.90 Å². The third-order valence-electron chi connectivity index (χ3n) is 1.87. The third kappa shape index (κ3) is 1.13. The Morgan fingerprint density at radius 2 is 2.00 bits per heavy atom. The summed E-state index contributed by atoms with van der Waals surface area (Å²) in [4.78, 5) is 12.8. The van der Waals surface area contributed by atoms with Crippen molar-refractivity contribution in [1.29, 1.82) is 0 Å². The van der Waals surface area contributed by atoms with Crippen molar-refractivity contribution in [2.75, 3.05) is 18.0 Å². The molecule has 1 aliphatic rings. The Hall–Kier alpha value is -1.51. The van der Waals surface area contributed by atoms with E-state index in [9.17, 15) is 4.79 Å². The van der Waals surface area contributed by atoms with Gasteiger partial charge in [-0.1, -0.05) is 18.2 Å². The fourth-order valence-electron chi connectivity index (χ4n) is 1.27. The van der Waals surface area contributed by atoms with Crippen molar-refractivity contribution in [3.63, 3.8) is 0 Å². The number of amides is 2. The first-order valence-corrected chi connectivity index (χ1v) is 3.92. The number of carbonyl (C=O) groups excluding carboxylic acids is 1. The molecule has 0 bridgehead atoms. The van der Waals surface area contributed by atoms with Crippen LogP contribution in [0.4, 0.5) is 10.5 Å². The minimum absolute atomic E-state index is 0.124. The first kappa shape index (κ1) is 7.16. The molecule has 61 valence electrons. The highest BCUT2D eigenvalue weighted by molar-refractivity contribution is 5.93. The van der Waals surface area contributed by atoms with E-state index in [-0.39, 0.29) is 6.03 Å². The summed E-state index contributed by atoms with van der Waals surface area (Å²) in [5, 5.41) is 3.78. The predicted molar refractivity (Wildman–Crippen MR) is 46.2 cm³/mol. The first-order chi connectivity index (χ1) is 5.88. The van der Waals surface area contributed by atoms with Gasteiger partial charge < -0.3 is 0 Å². The monoisotopic (exact) mass is 161 g/mol. The second-order valence-electron chi connectivity index (χ2n) is 2.65. The van der Waals surface area contributed by atoms with Crippen molar-refractivity contribution in [2.45, 2.75) is 0 Å². The normalized spacial score (nSPS) is 16.3. The summed E-state index contributed by atoms with van der Waals surface area (Å²) in [6, 6.07) is 9.47. The molecule has 1 aromatic rings. The second-order valence-corrected chi connectivity index (χ2v) is 2.65. The van der Waals surface area contributed by atoms with E-state index in [0.717, 1.165) is 5.69 Å². The molecule has 0 unspecified atom stereocenters. The van der Waals surface area contributed by atoms with Crippen LogP contribution >= 0.6 is 0 Å². The van der Waals surface area contributed by atoms with Crippen LogP contribution in [-0.4, -0.2) is 19.1 Å². The Kier molecular flexibility index (Phi) is 1.70. The molecule has 1 radical (unpaired) electrons. The number of urea groups is 1. The Morgan fingerprint density at radius 1 is 1.25 bits per heavy atom. The number of hydrogen-bond acceptors (Lipinski definition) is 1. The molecule has 1 fully saturated rings. The SMILES string of the molecule is O=C1[N]CCN1c1ccccc1. The minimum atomic E-state index is -0.124. The number of benzene rings is 1. The summed E-state index contributed by atoms with van der Waals surface area (Å²) in [5.41, 5.74) is 0.934. The average molecular weight is 161 g/mol. The highest BCUT2D eigenvalue weighted by Crippen LogP contribution is 2.15. The summed E-state index contributed by atoms with van der Waals surface area (Å²) >= 11 is 0. The number of nitrogens with zero attached hydrogens (tertiary/aromatic N) is 2. The maximum atomic E-state index is 11.1. The fraction of sp³-hybridized carbons (Fsp3) is 0.222. The van der Waals surface area contributed by atoms with E-state index in [0.29, 0.717) is 13.1 Å². The second kappa shape index (κ2) is 2.85. The summed E-state index contributed by atoms with van der Waals surface area (Å²) in [6.07, 6.45) is 0. The van der Waals surface area contributed by atoms with Gasteiger partial charge >= 0.3 is 6.03 Å². The van der Waals surface area contributed by atoms with Crippen molar-refractivity contribution >= 4 is 11.7 Å². The zero-order chi connectivity index (χ0) is 8.39. The van der Waals surface area contributed by atoms with Gasteiger partial charge in [0.2, 0.25) is 0 Å². The molecule has 1 aromatic carbocycles. The number of para-hydroxylation sites is 1. The lowest BCUT2D eigenvalue weighted by molar-refractivity contribution is 0.251. The molecule has 3 nitrogen and oxygen atoms in total. The highest BCUT2D eigenvalue weighted by Gasteiger charge is 2.21. The minimum Gasteiger partial charge on any atom is -0.291 e. The van der Waals surface area contributed by atoms with Gasteiger partial charge in [-0.3, -0.25) is 4.90 Å². The quantitative estimate of drug-likeness (QED) is 0.610. The number of anilines is 1. The predicted octanol–water partition coefficient (Wildman–Crippen LogP) is 1.23. The maximum absolute atomic E-state index is 11.1. The van der Waals surface area contributed by atoms with E-state index in [4.69, 9.17) is 0 Å². The van der Waals surface area contributed by atoms with Crippen LogP contribution in [0.2, 0.25) is 0 Å². The van der Waals surface area contributed by atoms with Crippen LogP contribution in [0, 0.1) is 0 Å². The molecule has 3 heteroatoms. The largest absolute Gasteiger partial charge is 0.343 e. The van der Waals surface area contributed by atoms with Gasteiger partial charge in [0.15, 0.2) is 0 Å². The van der Waals surface area contributed by atoms with Crippen LogP contribution in [0.15, 0.2) is 30.3 Å². The van der Waals surface area contributed by atoms with Crippen LogP contribution in [0.3, 0.4) is 0 Å². The molecule has 1 heterocycles. The smallest absolute Gasteiger partial charge is 0.291 e. The van der Waals surface area contributed by atoms with Crippen molar-refractivity contribution < 1.29 is 4.79 Å². The molecule has 2 amide bonds. The number of hydrogen-bond donors (Lipinski definition) is 0. The van der Waals surface area contributed by atoms with E-state index >= 15 is 0 Å². The summed E-state index contributed by atoms with van der Waals surface area (Å²) in [5.74, 6) is 0. The Morgan fingerprint density at radius 3 is 2.58 bits per heavy atom. The van der Waals surface area contributed by atoms with Crippen LogP contribution in [0.25, 0.3) is 0 Å². The molecule has 0 aliphatic carbocycles. The zero-order valence-corrected chi connectivity index (χ0v) is 6.60. The van der Waals surface area contributed by atoms with Crippen molar-refractivity contribution in [2.24, 2.45) is 0 Å². The molecule has 1 saturated heterocycles. The van der Waals surface area contributed by atoms with Crippen molar-refractivity contribution in [1.82, 2.24) is 5.32 Å². The van der Waals surface area contributed by atoms with Gasteiger partial charge in [0.1, 0.15) is 0 Å². The van der Waals surface area contributed by atoms with Gasteiger partial charge in [-0.05, 0) is 12.1 Å². The van der Waals surface area contributed by atoms with E-state index in [2.05, 4.69) is 5.32 Å². The first-order valence-electron chi connectivity index (χ1n) is 3.92.